The summed E-state index contributed by atoms with van der Waals surface area (Å²) < 4.78 is 25.9. The SMILES string of the molecule is CN(C)c1ccc(C(=O)Cc2ccc(F)c(F)c2)cc1. The molecule has 0 saturated carbocycles. The number of hydrogen-bond donors (Lipinski definition) is 0. The highest BCUT2D eigenvalue weighted by atomic mass is 19.2. The van der Waals surface area contributed by atoms with E-state index in [-0.39, 0.29) is 12.2 Å². The first-order valence-corrected chi connectivity index (χ1v) is 6.22. The van der Waals surface area contributed by atoms with Gasteiger partial charge in [-0.15, -0.1) is 0 Å². The fourth-order valence-corrected chi connectivity index (χ4v) is 1.88. The second kappa shape index (κ2) is 5.82. The predicted octanol–water partition coefficient (Wildman–Crippen LogP) is 3.46. The molecule has 0 unspecified atom stereocenters. The first kappa shape index (κ1) is 14.2. The summed E-state index contributed by atoms with van der Waals surface area (Å²) in [5, 5.41) is 0. The molecule has 0 aliphatic rings. The van der Waals surface area contributed by atoms with Crippen LogP contribution in [0, 0.1) is 11.6 Å². The molecule has 2 aromatic carbocycles. The standard InChI is InChI=1S/C16H15F2NO/c1-19(2)13-6-4-12(5-7-13)16(20)10-11-3-8-14(17)15(18)9-11/h3-9H,10H2,1-2H3. The lowest BCUT2D eigenvalue weighted by Gasteiger charge is -2.12. The van der Waals surface area contributed by atoms with E-state index in [2.05, 4.69) is 0 Å². The van der Waals surface area contributed by atoms with Gasteiger partial charge >= 0.3 is 0 Å². The molecule has 0 spiro atoms. The topological polar surface area (TPSA) is 20.3 Å². The Balaban J connectivity index is 2.13. The maximum absolute atomic E-state index is 13.1. The molecule has 2 aromatic rings. The number of ketones is 1. The molecule has 0 aromatic heterocycles. The van der Waals surface area contributed by atoms with Crippen molar-refractivity contribution in [1.82, 2.24) is 0 Å². The van der Waals surface area contributed by atoms with E-state index in [4.69, 9.17) is 0 Å². The maximum Gasteiger partial charge on any atom is 0.167 e. The van der Waals surface area contributed by atoms with Gasteiger partial charge in [0.1, 0.15) is 0 Å². The average Bonchev–Trinajstić information content (AvgIpc) is 2.43. The van der Waals surface area contributed by atoms with Crippen molar-refractivity contribution in [2.24, 2.45) is 0 Å². The van der Waals surface area contributed by atoms with E-state index in [9.17, 15) is 13.6 Å². The summed E-state index contributed by atoms with van der Waals surface area (Å²) in [5.74, 6) is -1.96. The quantitative estimate of drug-likeness (QED) is 0.796. The molecular formula is C16H15F2NO. The van der Waals surface area contributed by atoms with Crippen LogP contribution in [0.1, 0.15) is 15.9 Å². The van der Waals surface area contributed by atoms with E-state index in [1.54, 1.807) is 12.1 Å². The minimum Gasteiger partial charge on any atom is -0.378 e. The Morgan fingerprint density at radius 3 is 2.20 bits per heavy atom. The van der Waals surface area contributed by atoms with Crippen LogP contribution >= 0.6 is 0 Å². The molecule has 0 heterocycles. The number of carbonyl (C=O) groups excluding carboxylic acids is 1. The minimum atomic E-state index is -0.932. The number of halogens is 2. The van der Waals surface area contributed by atoms with E-state index in [1.807, 2.05) is 31.1 Å². The van der Waals surface area contributed by atoms with Crippen LogP contribution < -0.4 is 4.90 Å². The lowest BCUT2D eigenvalue weighted by Crippen LogP contribution is -2.09. The Hall–Kier alpha value is -2.23. The van der Waals surface area contributed by atoms with Gasteiger partial charge in [0.2, 0.25) is 0 Å². The fraction of sp³-hybridized carbons (Fsp3) is 0.188. The van der Waals surface area contributed by atoms with Gasteiger partial charge in [-0.1, -0.05) is 6.07 Å². The molecule has 2 nitrogen and oxygen atoms in total. The highest BCUT2D eigenvalue weighted by Gasteiger charge is 2.09. The molecule has 0 atom stereocenters. The number of hydrogen-bond acceptors (Lipinski definition) is 2. The monoisotopic (exact) mass is 275 g/mol. The fourth-order valence-electron chi connectivity index (χ4n) is 1.88. The summed E-state index contributed by atoms with van der Waals surface area (Å²) in [4.78, 5) is 14.0. The van der Waals surface area contributed by atoms with Gasteiger partial charge in [0.15, 0.2) is 17.4 Å². The van der Waals surface area contributed by atoms with Crippen molar-refractivity contribution in [1.29, 1.82) is 0 Å². The van der Waals surface area contributed by atoms with Crippen molar-refractivity contribution < 1.29 is 13.6 Å². The van der Waals surface area contributed by atoms with Crippen LogP contribution in [0.25, 0.3) is 0 Å². The van der Waals surface area contributed by atoms with Crippen molar-refractivity contribution in [3.05, 3.63) is 65.2 Å². The molecular weight excluding hydrogens is 260 g/mol. The van der Waals surface area contributed by atoms with Gasteiger partial charge in [0.05, 0.1) is 0 Å². The van der Waals surface area contributed by atoms with E-state index >= 15 is 0 Å². The van der Waals surface area contributed by atoms with Crippen molar-refractivity contribution >= 4 is 11.5 Å². The molecule has 0 aliphatic carbocycles. The molecule has 0 saturated heterocycles. The number of carbonyl (C=O) groups is 1. The van der Waals surface area contributed by atoms with E-state index in [1.165, 1.54) is 6.07 Å². The second-order valence-corrected chi connectivity index (χ2v) is 4.79. The van der Waals surface area contributed by atoms with Crippen LogP contribution in [0.15, 0.2) is 42.5 Å². The van der Waals surface area contributed by atoms with Gasteiger partial charge in [0.25, 0.3) is 0 Å². The van der Waals surface area contributed by atoms with Crippen molar-refractivity contribution in [2.45, 2.75) is 6.42 Å². The predicted molar refractivity (Wildman–Crippen MR) is 75.2 cm³/mol. The van der Waals surface area contributed by atoms with Gasteiger partial charge in [-0.25, -0.2) is 8.78 Å². The Morgan fingerprint density at radius 1 is 1.00 bits per heavy atom. The maximum atomic E-state index is 13.1. The normalized spacial score (nSPS) is 10.4. The molecule has 0 amide bonds. The highest BCUT2D eigenvalue weighted by Crippen LogP contribution is 2.15. The Labute approximate surface area is 116 Å². The zero-order valence-corrected chi connectivity index (χ0v) is 11.4. The minimum absolute atomic E-state index is 0.0541. The van der Waals surface area contributed by atoms with Crippen molar-refractivity contribution in [2.75, 3.05) is 19.0 Å². The van der Waals surface area contributed by atoms with Crippen LogP contribution in [-0.2, 0) is 6.42 Å². The Kier molecular flexibility index (Phi) is 4.13. The van der Waals surface area contributed by atoms with Crippen molar-refractivity contribution in [3.63, 3.8) is 0 Å². The molecule has 104 valence electrons. The summed E-state index contributed by atoms with van der Waals surface area (Å²) >= 11 is 0. The first-order valence-electron chi connectivity index (χ1n) is 6.22. The van der Waals surface area contributed by atoms with Crippen LogP contribution in [0.3, 0.4) is 0 Å². The number of rotatable bonds is 4. The number of nitrogens with zero attached hydrogens (tertiary/aromatic N) is 1. The number of anilines is 1. The zero-order chi connectivity index (χ0) is 14.7. The van der Waals surface area contributed by atoms with Gasteiger partial charge in [-0.2, -0.15) is 0 Å². The molecule has 0 fully saturated rings. The Morgan fingerprint density at radius 2 is 1.65 bits per heavy atom. The summed E-state index contributed by atoms with van der Waals surface area (Å²) in [6.07, 6.45) is 0.0541. The molecule has 2 rings (SSSR count). The number of benzene rings is 2. The molecule has 0 bridgehead atoms. The van der Waals surface area contributed by atoms with Crippen molar-refractivity contribution in [3.8, 4) is 0 Å². The molecule has 20 heavy (non-hydrogen) atoms. The van der Waals surface area contributed by atoms with E-state index in [0.29, 0.717) is 11.1 Å². The van der Waals surface area contributed by atoms with Crippen LogP contribution in [0.2, 0.25) is 0 Å². The van der Waals surface area contributed by atoms with E-state index < -0.39 is 11.6 Å². The van der Waals surface area contributed by atoms with Gasteiger partial charge in [0, 0.05) is 31.8 Å². The van der Waals surface area contributed by atoms with Gasteiger partial charge in [-0.05, 0) is 42.0 Å². The smallest absolute Gasteiger partial charge is 0.167 e. The second-order valence-electron chi connectivity index (χ2n) is 4.79. The largest absolute Gasteiger partial charge is 0.378 e. The average molecular weight is 275 g/mol. The summed E-state index contributed by atoms with van der Waals surface area (Å²) in [5.41, 5.74) is 2.01. The van der Waals surface area contributed by atoms with Crippen LogP contribution in [-0.4, -0.2) is 19.9 Å². The lowest BCUT2D eigenvalue weighted by atomic mass is 10.0. The number of Topliss-reactive ketones (excluding diaryl/α,β-unsaturated/α-hetero) is 1. The lowest BCUT2D eigenvalue weighted by molar-refractivity contribution is 0.0993. The van der Waals surface area contributed by atoms with Crippen LogP contribution in [0.5, 0.6) is 0 Å². The molecule has 4 heteroatoms. The third-order valence-electron chi connectivity index (χ3n) is 3.05. The molecule has 0 radical (unpaired) electrons. The van der Waals surface area contributed by atoms with Gasteiger partial charge in [-0.3, -0.25) is 4.79 Å². The van der Waals surface area contributed by atoms with Crippen LogP contribution in [0.4, 0.5) is 14.5 Å². The highest BCUT2D eigenvalue weighted by molar-refractivity contribution is 5.97. The first-order chi connectivity index (χ1) is 9.47. The third-order valence-corrected chi connectivity index (χ3v) is 3.05. The summed E-state index contributed by atoms with van der Waals surface area (Å²) in [6.45, 7) is 0. The van der Waals surface area contributed by atoms with E-state index in [0.717, 1.165) is 17.8 Å². The summed E-state index contributed by atoms with van der Waals surface area (Å²) in [6, 6.07) is 10.7. The van der Waals surface area contributed by atoms with Gasteiger partial charge < -0.3 is 4.90 Å². The zero-order valence-electron chi connectivity index (χ0n) is 11.4. The summed E-state index contributed by atoms with van der Waals surface area (Å²) in [7, 11) is 3.83. The molecule has 0 N–H and O–H groups in total. The molecule has 0 aliphatic heterocycles. The third kappa shape index (κ3) is 3.20. The Bertz CT molecular complexity index is 621.